The summed E-state index contributed by atoms with van der Waals surface area (Å²) in [4.78, 5) is 24.0. The molecule has 2 N–H and O–H groups in total. The van der Waals surface area contributed by atoms with Crippen molar-refractivity contribution in [2.45, 2.75) is 26.4 Å². The van der Waals surface area contributed by atoms with Gasteiger partial charge in [-0.05, 0) is 36.2 Å². The molecule has 162 valence electrons. The standard InChI is InChI=1S/C22H27NO6S/c1-22(2,11-12-28-19(25)14-30)20(15-9-10-18(27-3)17(24)13-15)29-21(26)23-16-7-5-4-6-8-16/h4-10,13,20,24,30H,11-12,14H2,1-3H3,(H,23,26)/t20-/m0/s1. The zero-order valence-corrected chi connectivity index (χ0v) is 18.1. The van der Waals surface area contributed by atoms with Gasteiger partial charge in [-0.2, -0.15) is 12.6 Å². The Balaban J connectivity index is 2.23. The zero-order chi connectivity index (χ0) is 22.1. The van der Waals surface area contributed by atoms with Crippen molar-refractivity contribution in [2.24, 2.45) is 5.41 Å². The lowest BCUT2D eigenvalue weighted by Gasteiger charge is -2.34. The fourth-order valence-electron chi connectivity index (χ4n) is 2.93. The van der Waals surface area contributed by atoms with Gasteiger partial charge in [0.1, 0.15) is 6.10 Å². The van der Waals surface area contributed by atoms with Crippen LogP contribution in [0.4, 0.5) is 10.5 Å². The lowest BCUT2D eigenvalue weighted by atomic mass is 9.79. The molecule has 0 aliphatic rings. The molecular weight excluding hydrogens is 406 g/mol. The van der Waals surface area contributed by atoms with Gasteiger partial charge in [-0.25, -0.2) is 4.79 Å². The molecule has 30 heavy (non-hydrogen) atoms. The van der Waals surface area contributed by atoms with E-state index in [4.69, 9.17) is 14.2 Å². The van der Waals surface area contributed by atoms with Crippen LogP contribution in [0.15, 0.2) is 48.5 Å². The smallest absolute Gasteiger partial charge is 0.412 e. The topological polar surface area (TPSA) is 94.1 Å². The van der Waals surface area contributed by atoms with Crippen molar-refractivity contribution in [2.75, 3.05) is 24.8 Å². The fourth-order valence-corrected chi connectivity index (χ4v) is 3.02. The minimum Gasteiger partial charge on any atom is -0.504 e. The molecule has 2 rings (SSSR count). The molecule has 0 aliphatic carbocycles. The molecule has 0 aromatic heterocycles. The van der Waals surface area contributed by atoms with Gasteiger partial charge in [0.25, 0.3) is 0 Å². The third-order valence-corrected chi connectivity index (χ3v) is 4.86. The quantitative estimate of drug-likeness (QED) is 0.396. The molecule has 8 heteroatoms. The van der Waals surface area contributed by atoms with Gasteiger partial charge in [0.05, 0.1) is 19.5 Å². The van der Waals surface area contributed by atoms with Gasteiger partial charge in [0, 0.05) is 11.1 Å². The first-order chi connectivity index (χ1) is 14.3. The number of phenols is 1. The lowest BCUT2D eigenvalue weighted by Crippen LogP contribution is -2.30. The Morgan fingerprint density at radius 3 is 2.47 bits per heavy atom. The summed E-state index contributed by atoms with van der Waals surface area (Å²) in [6.45, 7) is 3.93. The van der Waals surface area contributed by atoms with Crippen LogP contribution in [0.5, 0.6) is 11.5 Å². The van der Waals surface area contributed by atoms with Gasteiger partial charge in [-0.15, -0.1) is 0 Å². The van der Waals surface area contributed by atoms with Crippen LogP contribution in [-0.2, 0) is 14.3 Å². The number of amides is 1. The number of para-hydroxylation sites is 1. The highest BCUT2D eigenvalue weighted by atomic mass is 32.1. The molecule has 0 saturated heterocycles. The van der Waals surface area contributed by atoms with Crippen LogP contribution in [0.1, 0.15) is 31.9 Å². The van der Waals surface area contributed by atoms with Crippen LogP contribution in [0.2, 0.25) is 0 Å². The number of benzene rings is 2. The maximum absolute atomic E-state index is 12.6. The summed E-state index contributed by atoms with van der Waals surface area (Å²) in [6, 6.07) is 13.8. The van der Waals surface area contributed by atoms with Crippen molar-refractivity contribution in [3.05, 3.63) is 54.1 Å². The van der Waals surface area contributed by atoms with E-state index in [2.05, 4.69) is 17.9 Å². The number of thiol groups is 1. The van der Waals surface area contributed by atoms with E-state index in [-0.39, 0.29) is 18.1 Å². The molecule has 0 heterocycles. The van der Waals surface area contributed by atoms with Crippen molar-refractivity contribution in [1.82, 2.24) is 0 Å². The highest BCUT2D eigenvalue weighted by Gasteiger charge is 2.35. The number of hydrogen-bond donors (Lipinski definition) is 3. The van der Waals surface area contributed by atoms with Gasteiger partial charge in [0.2, 0.25) is 0 Å². The third kappa shape index (κ3) is 6.59. The summed E-state index contributed by atoms with van der Waals surface area (Å²) < 4.78 is 16.0. The Morgan fingerprint density at radius 1 is 1.17 bits per heavy atom. The second-order valence-corrected chi connectivity index (χ2v) is 7.64. The van der Waals surface area contributed by atoms with Crippen molar-refractivity contribution >= 4 is 30.4 Å². The van der Waals surface area contributed by atoms with Crippen LogP contribution in [0.25, 0.3) is 0 Å². The van der Waals surface area contributed by atoms with E-state index in [0.717, 1.165) is 0 Å². The maximum Gasteiger partial charge on any atom is 0.412 e. The number of aromatic hydroxyl groups is 1. The molecule has 0 unspecified atom stereocenters. The average molecular weight is 434 g/mol. The largest absolute Gasteiger partial charge is 0.504 e. The molecule has 0 bridgehead atoms. The Labute approximate surface area is 181 Å². The summed E-state index contributed by atoms with van der Waals surface area (Å²) in [7, 11) is 1.45. The molecule has 0 aliphatic heterocycles. The van der Waals surface area contributed by atoms with Gasteiger partial charge in [-0.1, -0.05) is 38.1 Å². The van der Waals surface area contributed by atoms with E-state index >= 15 is 0 Å². The summed E-state index contributed by atoms with van der Waals surface area (Å²) in [5, 5.41) is 12.9. The molecule has 0 saturated carbocycles. The van der Waals surface area contributed by atoms with Crippen LogP contribution in [0, 0.1) is 5.41 Å². The molecule has 1 amide bonds. The van der Waals surface area contributed by atoms with Crippen LogP contribution in [0.3, 0.4) is 0 Å². The number of nitrogens with one attached hydrogen (secondary N) is 1. The van der Waals surface area contributed by atoms with E-state index < -0.39 is 23.6 Å². The van der Waals surface area contributed by atoms with Gasteiger partial charge in [0.15, 0.2) is 11.5 Å². The van der Waals surface area contributed by atoms with Crippen molar-refractivity contribution in [3.8, 4) is 11.5 Å². The third-order valence-electron chi connectivity index (χ3n) is 4.60. The first-order valence-electron chi connectivity index (χ1n) is 9.43. The number of phenolic OH excluding ortho intramolecular Hbond substituents is 1. The molecule has 2 aromatic carbocycles. The van der Waals surface area contributed by atoms with Gasteiger partial charge < -0.3 is 19.3 Å². The zero-order valence-electron chi connectivity index (χ0n) is 17.3. The van der Waals surface area contributed by atoms with Crippen LogP contribution in [-0.4, -0.2) is 36.6 Å². The number of esters is 1. The summed E-state index contributed by atoms with van der Waals surface area (Å²) >= 11 is 3.89. The van der Waals surface area contributed by atoms with Crippen molar-refractivity contribution < 1.29 is 28.9 Å². The highest BCUT2D eigenvalue weighted by molar-refractivity contribution is 7.81. The Morgan fingerprint density at radius 2 is 1.87 bits per heavy atom. The minimum absolute atomic E-state index is 0.00775. The second kappa shape index (κ2) is 10.8. The molecule has 2 aromatic rings. The lowest BCUT2D eigenvalue weighted by molar-refractivity contribution is -0.141. The SMILES string of the molecule is COc1ccc([C@H](OC(=O)Nc2ccccc2)C(C)(C)CCOC(=O)CS)cc1O. The number of carbonyl (C=O) groups is 2. The summed E-state index contributed by atoms with van der Waals surface area (Å²) in [5.41, 5.74) is 0.563. The molecule has 7 nitrogen and oxygen atoms in total. The minimum atomic E-state index is -0.729. The maximum atomic E-state index is 12.6. The number of carbonyl (C=O) groups excluding carboxylic acids is 2. The molecule has 1 atom stereocenters. The van der Waals surface area contributed by atoms with E-state index in [1.807, 2.05) is 19.9 Å². The van der Waals surface area contributed by atoms with Crippen LogP contribution < -0.4 is 10.1 Å². The Hall–Kier alpha value is -2.87. The molecule has 0 radical (unpaired) electrons. The normalized spacial score (nSPS) is 12.0. The summed E-state index contributed by atoms with van der Waals surface area (Å²) in [6.07, 6.45) is -0.947. The predicted molar refractivity (Wildman–Crippen MR) is 117 cm³/mol. The van der Waals surface area contributed by atoms with E-state index in [1.165, 1.54) is 13.2 Å². The highest BCUT2D eigenvalue weighted by Crippen LogP contribution is 2.42. The monoisotopic (exact) mass is 433 g/mol. The number of rotatable bonds is 9. The summed E-state index contributed by atoms with van der Waals surface area (Å²) in [5.74, 6) is -0.182. The molecule has 0 fully saturated rings. The Bertz CT molecular complexity index is 856. The number of anilines is 1. The fraction of sp³-hybridized carbons (Fsp3) is 0.364. The number of hydrogen-bond acceptors (Lipinski definition) is 7. The van der Waals surface area contributed by atoms with E-state index in [9.17, 15) is 14.7 Å². The molecule has 0 spiro atoms. The predicted octanol–water partition coefficient (Wildman–Crippen LogP) is 4.58. The number of ether oxygens (including phenoxy) is 3. The first kappa shape index (κ1) is 23.4. The van der Waals surface area contributed by atoms with Gasteiger partial charge in [-0.3, -0.25) is 10.1 Å². The number of methoxy groups -OCH3 is 1. The van der Waals surface area contributed by atoms with E-state index in [1.54, 1.807) is 36.4 Å². The second-order valence-electron chi connectivity index (χ2n) is 7.32. The van der Waals surface area contributed by atoms with Crippen molar-refractivity contribution in [3.63, 3.8) is 0 Å². The Kier molecular flexibility index (Phi) is 8.41. The average Bonchev–Trinajstić information content (AvgIpc) is 2.72. The first-order valence-corrected chi connectivity index (χ1v) is 10.1. The van der Waals surface area contributed by atoms with Gasteiger partial charge >= 0.3 is 12.1 Å². The van der Waals surface area contributed by atoms with E-state index in [0.29, 0.717) is 23.4 Å². The van der Waals surface area contributed by atoms with Crippen LogP contribution >= 0.6 is 12.6 Å². The molecular formula is C22H27NO6S. The van der Waals surface area contributed by atoms with Crippen molar-refractivity contribution in [1.29, 1.82) is 0 Å².